The molecule has 12 heteroatoms. The van der Waals surface area contributed by atoms with Crippen molar-refractivity contribution >= 4 is 21.5 Å². The zero-order valence-electron chi connectivity index (χ0n) is 11.4. The van der Waals surface area contributed by atoms with Gasteiger partial charge in [0.15, 0.2) is 5.25 Å². The van der Waals surface area contributed by atoms with Crippen LogP contribution in [0.5, 0.6) is 0 Å². The van der Waals surface area contributed by atoms with Gasteiger partial charge in [-0.2, -0.15) is 0 Å². The van der Waals surface area contributed by atoms with Crippen molar-refractivity contribution in [3.8, 4) is 0 Å². The van der Waals surface area contributed by atoms with E-state index >= 15 is 0 Å². The predicted octanol–water partition coefficient (Wildman–Crippen LogP) is -5.86. The van der Waals surface area contributed by atoms with E-state index in [1.165, 1.54) is 0 Å². The first-order valence-corrected chi connectivity index (χ1v) is 8.81. The van der Waals surface area contributed by atoms with Gasteiger partial charge in [-0.15, -0.1) is 12.6 Å². The van der Waals surface area contributed by atoms with Gasteiger partial charge in [0, 0.05) is 17.5 Å². The van der Waals surface area contributed by atoms with Gasteiger partial charge in [0.1, 0.15) is 29.8 Å². The number of aliphatic hydroxyl groups is 6. The Bertz CT molecular complexity index is 408. The van der Waals surface area contributed by atoms with E-state index < -0.39 is 70.5 Å². The van der Waals surface area contributed by atoms with Gasteiger partial charge in [-0.1, -0.05) is 6.10 Å². The molecule has 0 radical (unpaired) electrons. The third-order valence-electron chi connectivity index (χ3n) is 3.06. The number of rotatable bonds is 6. The van der Waals surface area contributed by atoms with Crippen molar-refractivity contribution in [2.45, 2.75) is 35.8 Å². The maximum absolute atomic E-state index is 11.2. The minimum atomic E-state index is -3.11. The minimum Gasteiger partial charge on any atom is -0.848 e. The SMILES string of the molecule is O=S(=O)=O.[O-][C@@H](CO)[C@H](O)C[S+]1C[C@H](O)[C@H](O)[C@H]1[C@H](O)CO. The molecule has 0 amide bonds. The molecule has 1 fully saturated rings. The van der Waals surface area contributed by atoms with E-state index in [4.69, 9.17) is 22.8 Å². The van der Waals surface area contributed by atoms with Gasteiger partial charge in [-0.3, -0.25) is 0 Å². The van der Waals surface area contributed by atoms with Crippen molar-refractivity contribution in [1.82, 2.24) is 0 Å². The summed E-state index contributed by atoms with van der Waals surface area (Å²) < 4.78 is 25.3. The average molecular weight is 364 g/mol. The molecule has 0 aliphatic carbocycles. The van der Waals surface area contributed by atoms with E-state index in [-0.39, 0.29) is 11.5 Å². The normalized spacial score (nSPS) is 31.8. The number of aliphatic hydroxyl groups excluding tert-OH is 6. The fraction of sp³-hybridized carbons (Fsp3) is 1.00. The summed E-state index contributed by atoms with van der Waals surface area (Å²) in [4.78, 5) is 0. The van der Waals surface area contributed by atoms with Crippen molar-refractivity contribution in [3.63, 3.8) is 0 Å². The lowest BCUT2D eigenvalue weighted by Gasteiger charge is -2.26. The van der Waals surface area contributed by atoms with Crippen molar-refractivity contribution in [3.05, 3.63) is 0 Å². The van der Waals surface area contributed by atoms with Gasteiger partial charge in [0.05, 0.1) is 12.7 Å². The van der Waals surface area contributed by atoms with Crippen LogP contribution in [-0.2, 0) is 21.5 Å². The second-order valence-electron chi connectivity index (χ2n) is 4.64. The average Bonchev–Trinajstić information content (AvgIpc) is 2.71. The van der Waals surface area contributed by atoms with Crippen LogP contribution in [0.3, 0.4) is 0 Å². The van der Waals surface area contributed by atoms with Gasteiger partial charge in [-0.05, 0) is 0 Å². The molecule has 7 atom stereocenters. The molecule has 22 heavy (non-hydrogen) atoms. The van der Waals surface area contributed by atoms with Gasteiger partial charge >= 0.3 is 10.6 Å². The Morgan fingerprint density at radius 2 is 1.64 bits per heavy atom. The summed E-state index contributed by atoms with van der Waals surface area (Å²) in [6, 6.07) is 0. The highest BCUT2D eigenvalue weighted by atomic mass is 32.2. The Labute approximate surface area is 131 Å². The second kappa shape index (κ2) is 10.5. The first-order valence-electron chi connectivity index (χ1n) is 6.18. The molecule has 6 N–H and O–H groups in total. The van der Waals surface area contributed by atoms with Crippen molar-refractivity contribution in [2.24, 2.45) is 0 Å². The Morgan fingerprint density at radius 1 is 1.14 bits per heavy atom. The molecule has 1 saturated heterocycles. The van der Waals surface area contributed by atoms with Crippen molar-refractivity contribution < 1.29 is 48.4 Å². The molecule has 10 nitrogen and oxygen atoms in total. The second-order valence-corrected chi connectivity index (χ2v) is 7.33. The zero-order chi connectivity index (χ0) is 17.4. The quantitative estimate of drug-likeness (QED) is 0.247. The van der Waals surface area contributed by atoms with E-state index in [0.717, 1.165) is 0 Å². The third-order valence-corrected chi connectivity index (χ3v) is 5.96. The zero-order valence-corrected chi connectivity index (χ0v) is 13.1. The van der Waals surface area contributed by atoms with E-state index in [9.17, 15) is 25.5 Å². The molecule has 0 aromatic rings. The molecule has 1 unspecified atom stereocenters. The van der Waals surface area contributed by atoms with Crippen LogP contribution in [0.1, 0.15) is 0 Å². The predicted molar refractivity (Wildman–Crippen MR) is 72.6 cm³/mol. The maximum atomic E-state index is 11.2. The van der Waals surface area contributed by atoms with Crippen LogP contribution < -0.4 is 5.11 Å². The molecule has 1 aliphatic rings. The standard InChI is InChI=1S/C10H20O7S.O3S/c11-1-5(13)7(15)3-18-4-8(16)9(17)10(18)6(14)2-12;1-4(2)3/h5-12,14-17H,1-4H2;/t5-,6+,7+,8-,9-,10+,18?;/m0./s1. The van der Waals surface area contributed by atoms with Crippen LogP contribution in [0.15, 0.2) is 0 Å². The molecule has 0 bridgehead atoms. The molecule has 0 spiro atoms. The lowest BCUT2D eigenvalue weighted by molar-refractivity contribution is -0.441. The molecule has 1 rings (SSSR count). The van der Waals surface area contributed by atoms with E-state index in [1.54, 1.807) is 0 Å². The van der Waals surface area contributed by atoms with Gasteiger partial charge in [-0.25, -0.2) is 0 Å². The number of hydrogen-bond acceptors (Lipinski definition) is 10. The molecule has 132 valence electrons. The summed E-state index contributed by atoms with van der Waals surface area (Å²) in [5, 5.41) is 66.4. The van der Waals surface area contributed by atoms with Crippen LogP contribution in [-0.4, -0.2) is 104 Å². The minimum absolute atomic E-state index is 0.00935. The third kappa shape index (κ3) is 6.85. The summed E-state index contributed by atoms with van der Waals surface area (Å²) in [7, 11) is -3.89. The van der Waals surface area contributed by atoms with E-state index in [1.807, 2.05) is 0 Å². The van der Waals surface area contributed by atoms with Crippen LogP contribution in [0, 0.1) is 0 Å². The van der Waals surface area contributed by atoms with Crippen LogP contribution in [0.25, 0.3) is 0 Å². The Kier molecular flexibility index (Phi) is 10.3. The summed E-state index contributed by atoms with van der Waals surface area (Å²) in [5.74, 6) is 0.155. The fourth-order valence-corrected chi connectivity index (χ4v) is 5.00. The summed E-state index contributed by atoms with van der Waals surface area (Å²) >= 11 is 0. The first-order chi connectivity index (χ1) is 10.1. The lowest BCUT2D eigenvalue weighted by atomic mass is 10.1. The molecular weight excluding hydrogens is 344 g/mol. The van der Waals surface area contributed by atoms with Crippen LogP contribution >= 0.6 is 0 Å². The van der Waals surface area contributed by atoms with Gasteiger partial charge < -0.3 is 35.7 Å². The van der Waals surface area contributed by atoms with Crippen LogP contribution in [0.4, 0.5) is 0 Å². The van der Waals surface area contributed by atoms with Crippen molar-refractivity contribution in [2.75, 3.05) is 24.7 Å². The highest BCUT2D eigenvalue weighted by Crippen LogP contribution is 2.27. The smallest absolute Gasteiger partial charge is 0.425 e. The monoisotopic (exact) mass is 364 g/mol. The molecule has 1 aliphatic heterocycles. The van der Waals surface area contributed by atoms with Gasteiger partial charge in [0.2, 0.25) is 0 Å². The van der Waals surface area contributed by atoms with E-state index in [2.05, 4.69) is 0 Å². The maximum Gasteiger partial charge on any atom is 0.425 e. The van der Waals surface area contributed by atoms with Crippen molar-refractivity contribution in [1.29, 1.82) is 0 Å². The molecule has 1 heterocycles. The van der Waals surface area contributed by atoms with E-state index in [0.29, 0.717) is 0 Å². The Morgan fingerprint density at radius 3 is 2.05 bits per heavy atom. The van der Waals surface area contributed by atoms with Gasteiger partial charge in [0.25, 0.3) is 0 Å². The lowest BCUT2D eigenvalue weighted by Crippen LogP contribution is -2.49. The fourth-order valence-electron chi connectivity index (χ4n) is 2.03. The summed E-state index contributed by atoms with van der Waals surface area (Å²) in [6.45, 7) is -1.26. The first kappa shape index (κ1) is 21.7. The Balaban J connectivity index is 0.000000980. The largest absolute Gasteiger partial charge is 0.848 e. The number of hydrogen-bond donors (Lipinski definition) is 6. The molecule has 0 saturated carbocycles. The van der Waals surface area contributed by atoms with Crippen LogP contribution in [0.2, 0.25) is 0 Å². The highest BCUT2D eigenvalue weighted by Gasteiger charge is 2.53. The summed E-state index contributed by atoms with van der Waals surface area (Å²) in [6.07, 6.45) is -6.26. The highest BCUT2D eigenvalue weighted by molar-refractivity contribution is 7.97. The molecular formula is C10H20O10S2. The summed E-state index contributed by atoms with van der Waals surface area (Å²) in [5.41, 5.74) is 0. The molecule has 0 aromatic carbocycles. The topological polar surface area (TPSA) is 196 Å². The Hall–Kier alpha value is -0.310. The molecule has 0 aromatic heterocycles.